The second-order valence-corrected chi connectivity index (χ2v) is 8.12. The van der Waals surface area contributed by atoms with Gasteiger partial charge in [0.05, 0.1) is 25.5 Å². The molecule has 3 aromatic rings. The number of phenols is 1. The molecule has 3 aromatic carbocycles. The van der Waals surface area contributed by atoms with Crippen LogP contribution in [0, 0.1) is 0 Å². The monoisotopic (exact) mass is 517 g/mol. The number of halogens is 2. The Balaban J connectivity index is 1.58. The number of nitrogens with zero attached hydrogens (tertiary/aromatic N) is 1. The summed E-state index contributed by atoms with van der Waals surface area (Å²) < 4.78 is 16.8. The zero-order chi connectivity index (χ0) is 25.2. The summed E-state index contributed by atoms with van der Waals surface area (Å²) >= 11 is 11.7. The van der Waals surface area contributed by atoms with E-state index in [2.05, 4.69) is 15.8 Å². The van der Waals surface area contributed by atoms with Crippen molar-refractivity contribution in [2.45, 2.75) is 6.54 Å². The topological polar surface area (TPSA) is 101 Å². The quantitative estimate of drug-likeness (QED) is 0.194. The number of phenolic OH excluding ortho intramolecular Hbond substituents is 1. The molecule has 0 aliphatic rings. The first-order valence-electron chi connectivity index (χ1n) is 10.6. The van der Waals surface area contributed by atoms with E-state index >= 15 is 0 Å². The largest absolute Gasteiger partial charge is 0.506 e. The highest BCUT2D eigenvalue weighted by Gasteiger charge is 2.14. The molecule has 0 aliphatic heterocycles. The lowest BCUT2D eigenvalue weighted by Gasteiger charge is -2.15. The van der Waals surface area contributed by atoms with Gasteiger partial charge in [-0.15, -0.1) is 0 Å². The first kappa shape index (κ1) is 26.2. The smallest absolute Gasteiger partial charge is 0.271 e. The molecule has 0 bridgehead atoms. The van der Waals surface area contributed by atoms with Crippen LogP contribution in [-0.2, 0) is 6.54 Å². The Morgan fingerprint density at radius 1 is 1.03 bits per heavy atom. The van der Waals surface area contributed by atoms with Gasteiger partial charge < -0.3 is 24.6 Å². The van der Waals surface area contributed by atoms with Crippen LogP contribution < -0.4 is 25.0 Å². The van der Waals surface area contributed by atoms with Gasteiger partial charge in [0.25, 0.3) is 5.91 Å². The SMILES string of the molecule is COc1cc(/C=N/NC(=O)c2ccc(O)c(Cl)c2)cc(OC)c1OCCNCc1ccc(Cl)cc1. The summed E-state index contributed by atoms with van der Waals surface area (Å²) in [6.45, 7) is 1.68. The van der Waals surface area contributed by atoms with Crippen LogP contribution in [-0.4, -0.2) is 44.6 Å². The van der Waals surface area contributed by atoms with E-state index in [1.165, 1.54) is 38.6 Å². The van der Waals surface area contributed by atoms with Crippen molar-refractivity contribution < 1.29 is 24.1 Å². The lowest BCUT2D eigenvalue weighted by molar-refractivity contribution is 0.0955. The van der Waals surface area contributed by atoms with Crippen molar-refractivity contribution in [2.24, 2.45) is 5.10 Å². The molecular formula is C25H25Cl2N3O5. The third kappa shape index (κ3) is 7.51. The van der Waals surface area contributed by atoms with E-state index in [0.29, 0.717) is 47.5 Å². The molecular weight excluding hydrogens is 493 g/mol. The molecule has 0 radical (unpaired) electrons. The Labute approximate surface area is 213 Å². The maximum Gasteiger partial charge on any atom is 0.271 e. The fourth-order valence-corrected chi connectivity index (χ4v) is 3.36. The van der Waals surface area contributed by atoms with E-state index in [9.17, 15) is 9.90 Å². The standard InChI is InChI=1S/C25H25Cl2N3O5/c1-33-22-11-17(15-29-30-25(32)18-5-8-21(31)20(27)13-18)12-23(34-2)24(22)35-10-9-28-14-16-3-6-19(26)7-4-16/h3-8,11-13,15,28,31H,9-10,14H2,1-2H3,(H,30,32)/b29-15+. The minimum Gasteiger partial charge on any atom is -0.506 e. The second-order valence-electron chi connectivity index (χ2n) is 7.27. The lowest BCUT2D eigenvalue weighted by atomic mass is 10.2. The summed E-state index contributed by atoms with van der Waals surface area (Å²) in [6, 6.07) is 15.2. The number of carbonyl (C=O) groups is 1. The number of hydrogen-bond donors (Lipinski definition) is 3. The van der Waals surface area contributed by atoms with Gasteiger partial charge in [-0.1, -0.05) is 35.3 Å². The minimum absolute atomic E-state index is 0.0758. The van der Waals surface area contributed by atoms with Crippen LogP contribution >= 0.6 is 23.2 Å². The highest BCUT2D eigenvalue weighted by atomic mass is 35.5. The molecule has 3 rings (SSSR count). The summed E-state index contributed by atoms with van der Waals surface area (Å²) in [5.41, 5.74) is 4.41. The van der Waals surface area contributed by atoms with Gasteiger partial charge in [-0.05, 0) is 48.0 Å². The molecule has 35 heavy (non-hydrogen) atoms. The number of nitrogens with one attached hydrogen (secondary N) is 2. The van der Waals surface area contributed by atoms with Gasteiger partial charge in [-0.3, -0.25) is 4.79 Å². The van der Waals surface area contributed by atoms with Crippen LogP contribution in [0.5, 0.6) is 23.0 Å². The van der Waals surface area contributed by atoms with Crippen LogP contribution in [0.3, 0.4) is 0 Å². The van der Waals surface area contributed by atoms with Crippen LogP contribution in [0.1, 0.15) is 21.5 Å². The summed E-state index contributed by atoms with van der Waals surface area (Å²) in [6.07, 6.45) is 1.45. The average Bonchev–Trinajstić information content (AvgIpc) is 2.86. The van der Waals surface area contributed by atoms with E-state index in [0.717, 1.165) is 5.56 Å². The number of benzene rings is 3. The molecule has 0 aromatic heterocycles. The molecule has 0 aliphatic carbocycles. The van der Waals surface area contributed by atoms with Crippen molar-refractivity contribution in [2.75, 3.05) is 27.4 Å². The van der Waals surface area contributed by atoms with Gasteiger partial charge in [0.1, 0.15) is 12.4 Å². The van der Waals surface area contributed by atoms with Crippen molar-refractivity contribution in [3.05, 3.63) is 81.3 Å². The fraction of sp³-hybridized carbons (Fsp3) is 0.200. The maximum absolute atomic E-state index is 12.2. The molecule has 0 saturated carbocycles. The van der Waals surface area contributed by atoms with Crippen molar-refractivity contribution in [3.8, 4) is 23.0 Å². The predicted molar refractivity (Wildman–Crippen MR) is 136 cm³/mol. The molecule has 0 saturated heterocycles. The van der Waals surface area contributed by atoms with Gasteiger partial charge in [0, 0.05) is 29.2 Å². The van der Waals surface area contributed by atoms with Crippen molar-refractivity contribution in [3.63, 3.8) is 0 Å². The number of carbonyl (C=O) groups excluding carboxylic acids is 1. The van der Waals surface area contributed by atoms with Crippen LogP contribution in [0.4, 0.5) is 0 Å². The molecule has 0 spiro atoms. The highest BCUT2D eigenvalue weighted by Crippen LogP contribution is 2.38. The minimum atomic E-state index is -0.479. The molecule has 0 heterocycles. The predicted octanol–water partition coefficient (Wildman–Crippen LogP) is 4.65. The second kappa shape index (κ2) is 12.9. The number of rotatable bonds is 11. The molecule has 10 heteroatoms. The summed E-state index contributed by atoms with van der Waals surface area (Å²) in [4.78, 5) is 12.2. The van der Waals surface area contributed by atoms with E-state index in [4.69, 9.17) is 37.4 Å². The van der Waals surface area contributed by atoms with E-state index in [-0.39, 0.29) is 16.3 Å². The van der Waals surface area contributed by atoms with Crippen LogP contribution in [0.2, 0.25) is 10.0 Å². The fourth-order valence-electron chi connectivity index (χ4n) is 3.06. The number of aromatic hydroxyl groups is 1. The number of ether oxygens (including phenoxy) is 3. The third-order valence-electron chi connectivity index (χ3n) is 4.84. The molecule has 3 N–H and O–H groups in total. The van der Waals surface area contributed by atoms with Gasteiger partial charge in [0.2, 0.25) is 5.75 Å². The Morgan fingerprint density at radius 2 is 1.71 bits per heavy atom. The van der Waals surface area contributed by atoms with Crippen LogP contribution in [0.15, 0.2) is 59.7 Å². The van der Waals surface area contributed by atoms with E-state index < -0.39 is 5.91 Å². The van der Waals surface area contributed by atoms with E-state index in [1.54, 1.807) is 12.1 Å². The molecule has 0 atom stereocenters. The number of amides is 1. The Kier molecular flexibility index (Phi) is 9.60. The average molecular weight is 518 g/mol. The summed E-state index contributed by atoms with van der Waals surface area (Å²) in [5, 5.41) is 17.5. The maximum atomic E-state index is 12.2. The number of methoxy groups -OCH3 is 2. The van der Waals surface area contributed by atoms with Crippen molar-refractivity contribution >= 4 is 35.3 Å². The molecule has 0 fully saturated rings. The Bertz CT molecular complexity index is 1160. The van der Waals surface area contributed by atoms with E-state index in [1.807, 2.05) is 24.3 Å². The zero-order valence-electron chi connectivity index (χ0n) is 19.2. The first-order chi connectivity index (χ1) is 16.9. The van der Waals surface area contributed by atoms with Gasteiger partial charge in [0.15, 0.2) is 11.5 Å². The molecule has 1 amide bonds. The van der Waals surface area contributed by atoms with Crippen molar-refractivity contribution in [1.82, 2.24) is 10.7 Å². The van der Waals surface area contributed by atoms with Gasteiger partial charge in [-0.25, -0.2) is 5.43 Å². The van der Waals surface area contributed by atoms with Gasteiger partial charge in [-0.2, -0.15) is 5.10 Å². The number of hydrogen-bond acceptors (Lipinski definition) is 7. The normalized spacial score (nSPS) is 10.9. The Hall–Kier alpha value is -3.46. The molecule has 8 nitrogen and oxygen atoms in total. The molecule has 0 unspecified atom stereocenters. The summed E-state index contributed by atoms with van der Waals surface area (Å²) in [5.74, 6) is 0.794. The lowest BCUT2D eigenvalue weighted by Crippen LogP contribution is -2.20. The molecule has 184 valence electrons. The first-order valence-corrected chi connectivity index (χ1v) is 11.3. The third-order valence-corrected chi connectivity index (χ3v) is 5.39. The Morgan fingerprint density at radius 3 is 2.34 bits per heavy atom. The van der Waals surface area contributed by atoms with Gasteiger partial charge >= 0.3 is 0 Å². The summed E-state index contributed by atoms with van der Waals surface area (Å²) in [7, 11) is 3.05. The number of hydrazone groups is 1. The van der Waals surface area contributed by atoms with Crippen LogP contribution in [0.25, 0.3) is 0 Å². The van der Waals surface area contributed by atoms with Crippen molar-refractivity contribution in [1.29, 1.82) is 0 Å². The zero-order valence-corrected chi connectivity index (χ0v) is 20.7. The highest BCUT2D eigenvalue weighted by molar-refractivity contribution is 6.32.